The highest BCUT2D eigenvalue weighted by Crippen LogP contribution is 2.17. The van der Waals surface area contributed by atoms with Gasteiger partial charge in [0.15, 0.2) is 0 Å². The highest BCUT2D eigenvalue weighted by Gasteiger charge is 2.09. The van der Waals surface area contributed by atoms with Crippen molar-refractivity contribution in [1.29, 1.82) is 0 Å². The van der Waals surface area contributed by atoms with Gasteiger partial charge in [0.25, 0.3) is 0 Å². The van der Waals surface area contributed by atoms with Crippen molar-refractivity contribution in [3.05, 3.63) is 30.1 Å². The number of pyridine rings is 1. The number of hydrogen-bond acceptors (Lipinski definition) is 2. The van der Waals surface area contributed by atoms with E-state index in [2.05, 4.69) is 37.1 Å². The third kappa shape index (κ3) is 4.75. The Kier molecular flexibility index (Phi) is 6.09. The molecule has 1 rings (SSSR count). The minimum absolute atomic E-state index is 0.470. The van der Waals surface area contributed by atoms with Gasteiger partial charge in [0.2, 0.25) is 0 Å². The second kappa shape index (κ2) is 7.39. The van der Waals surface area contributed by atoms with E-state index in [9.17, 15) is 0 Å². The molecular weight excluding hydrogens is 196 g/mol. The first-order valence-corrected chi connectivity index (χ1v) is 6.37. The molecule has 0 saturated carbocycles. The molecule has 0 bridgehead atoms. The molecule has 16 heavy (non-hydrogen) atoms. The number of hydrogen-bond donors (Lipinski definition) is 1. The quantitative estimate of drug-likeness (QED) is 0.760. The predicted molar refractivity (Wildman–Crippen MR) is 69.3 cm³/mol. The molecule has 1 heterocycles. The fourth-order valence-corrected chi connectivity index (χ4v) is 1.80. The highest BCUT2D eigenvalue weighted by molar-refractivity contribution is 5.13. The molecule has 1 atom stereocenters. The first-order valence-electron chi connectivity index (χ1n) is 6.37. The molecule has 1 N–H and O–H groups in total. The van der Waals surface area contributed by atoms with Crippen LogP contribution in [0.2, 0.25) is 0 Å². The SMILES string of the molecule is CCCC(NCCC(C)C)c1cccnc1. The van der Waals surface area contributed by atoms with Crippen LogP contribution in [0.25, 0.3) is 0 Å². The lowest BCUT2D eigenvalue weighted by Gasteiger charge is -2.18. The Labute approximate surface area is 99.5 Å². The van der Waals surface area contributed by atoms with Gasteiger partial charge in [0, 0.05) is 18.4 Å². The van der Waals surface area contributed by atoms with Crippen LogP contribution < -0.4 is 5.32 Å². The predicted octanol–water partition coefficient (Wildman–Crippen LogP) is 3.56. The zero-order valence-corrected chi connectivity index (χ0v) is 10.7. The molecule has 2 nitrogen and oxygen atoms in total. The highest BCUT2D eigenvalue weighted by atomic mass is 14.9. The summed E-state index contributed by atoms with van der Waals surface area (Å²) in [5, 5.41) is 3.63. The molecule has 2 heteroatoms. The summed E-state index contributed by atoms with van der Waals surface area (Å²) in [7, 11) is 0. The van der Waals surface area contributed by atoms with Crippen LogP contribution in [0.4, 0.5) is 0 Å². The molecule has 0 spiro atoms. The summed E-state index contributed by atoms with van der Waals surface area (Å²) < 4.78 is 0. The molecule has 1 aromatic heterocycles. The Balaban J connectivity index is 2.48. The summed E-state index contributed by atoms with van der Waals surface area (Å²) in [5.74, 6) is 0.767. The number of nitrogens with one attached hydrogen (secondary N) is 1. The first kappa shape index (κ1) is 13.2. The third-order valence-electron chi connectivity index (χ3n) is 2.78. The summed E-state index contributed by atoms with van der Waals surface area (Å²) in [6, 6.07) is 4.65. The van der Waals surface area contributed by atoms with Gasteiger partial charge in [0.1, 0.15) is 0 Å². The lowest BCUT2D eigenvalue weighted by molar-refractivity contribution is 0.455. The summed E-state index contributed by atoms with van der Waals surface area (Å²) in [6.07, 6.45) is 7.43. The average Bonchev–Trinajstić information content (AvgIpc) is 2.29. The molecule has 0 aliphatic rings. The van der Waals surface area contributed by atoms with Gasteiger partial charge in [-0.3, -0.25) is 4.98 Å². The Morgan fingerprint density at radius 1 is 1.31 bits per heavy atom. The van der Waals surface area contributed by atoms with E-state index < -0.39 is 0 Å². The minimum atomic E-state index is 0.470. The first-order chi connectivity index (χ1) is 7.74. The van der Waals surface area contributed by atoms with Crippen molar-refractivity contribution in [2.45, 2.75) is 46.1 Å². The lowest BCUT2D eigenvalue weighted by atomic mass is 10.0. The van der Waals surface area contributed by atoms with Crippen molar-refractivity contribution in [3.63, 3.8) is 0 Å². The van der Waals surface area contributed by atoms with Crippen molar-refractivity contribution in [2.75, 3.05) is 6.54 Å². The maximum atomic E-state index is 4.19. The van der Waals surface area contributed by atoms with Crippen LogP contribution in [0, 0.1) is 5.92 Å². The number of nitrogens with zero attached hydrogens (tertiary/aromatic N) is 1. The fourth-order valence-electron chi connectivity index (χ4n) is 1.80. The van der Waals surface area contributed by atoms with Gasteiger partial charge in [-0.1, -0.05) is 33.3 Å². The molecule has 1 aromatic rings. The zero-order chi connectivity index (χ0) is 11.8. The Hall–Kier alpha value is -0.890. The smallest absolute Gasteiger partial charge is 0.0335 e. The van der Waals surface area contributed by atoms with Gasteiger partial charge in [-0.05, 0) is 36.9 Å². The summed E-state index contributed by atoms with van der Waals surface area (Å²) in [5.41, 5.74) is 1.31. The molecule has 0 aliphatic heterocycles. The van der Waals surface area contributed by atoms with Crippen LogP contribution in [0.1, 0.15) is 51.6 Å². The largest absolute Gasteiger partial charge is 0.310 e. The number of rotatable bonds is 7. The molecule has 0 aromatic carbocycles. The Morgan fingerprint density at radius 2 is 2.12 bits per heavy atom. The third-order valence-corrected chi connectivity index (χ3v) is 2.78. The van der Waals surface area contributed by atoms with E-state index in [1.54, 1.807) is 0 Å². The van der Waals surface area contributed by atoms with Crippen LogP contribution in [0.15, 0.2) is 24.5 Å². The van der Waals surface area contributed by atoms with E-state index in [-0.39, 0.29) is 0 Å². The number of aromatic nitrogens is 1. The van der Waals surface area contributed by atoms with Crippen LogP contribution in [0.5, 0.6) is 0 Å². The van der Waals surface area contributed by atoms with Gasteiger partial charge in [0.05, 0.1) is 0 Å². The summed E-state index contributed by atoms with van der Waals surface area (Å²) in [4.78, 5) is 4.19. The van der Waals surface area contributed by atoms with Crippen molar-refractivity contribution < 1.29 is 0 Å². The second-order valence-electron chi connectivity index (χ2n) is 4.76. The second-order valence-corrected chi connectivity index (χ2v) is 4.76. The van der Waals surface area contributed by atoms with E-state index >= 15 is 0 Å². The normalized spacial score (nSPS) is 13.0. The monoisotopic (exact) mass is 220 g/mol. The van der Waals surface area contributed by atoms with Crippen LogP contribution in [-0.2, 0) is 0 Å². The molecule has 0 amide bonds. The standard InChI is InChI=1S/C14H24N2/c1-4-6-14(16-10-8-12(2)3)13-7-5-9-15-11-13/h5,7,9,11-12,14,16H,4,6,8,10H2,1-3H3. The summed E-state index contributed by atoms with van der Waals surface area (Å²) in [6.45, 7) is 7.85. The zero-order valence-electron chi connectivity index (χ0n) is 10.7. The van der Waals surface area contributed by atoms with Crippen molar-refractivity contribution in [1.82, 2.24) is 10.3 Å². The fraction of sp³-hybridized carbons (Fsp3) is 0.643. The topological polar surface area (TPSA) is 24.9 Å². The van der Waals surface area contributed by atoms with Crippen LogP contribution in [-0.4, -0.2) is 11.5 Å². The Morgan fingerprint density at radius 3 is 2.69 bits per heavy atom. The van der Waals surface area contributed by atoms with Crippen molar-refractivity contribution in [3.8, 4) is 0 Å². The van der Waals surface area contributed by atoms with E-state index in [0.29, 0.717) is 6.04 Å². The van der Waals surface area contributed by atoms with Gasteiger partial charge in [-0.15, -0.1) is 0 Å². The van der Waals surface area contributed by atoms with E-state index in [1.807, 2.05) is 18.5 Å². The lowest BCUT2D eigenvalue weighted by Crippen LogP contribution is -2.23. The molecule has 1 unspecified atom stereocenters. The summed E-state index contributed by atoms with van der Waals surface area (Å²) >= 11 is 0. The molecule has 0 aliphatic carbocycles. The van der Waals surface area contributed by atoms with E-state index in [4.69, 9.17) is 0 Å². The van der Waals surface area contributed by atoms with Gasteiger partial charge >= 0.3 is 0 Å². The minimum Gasteiger partial charge on any atom is -0.310 e. The van der Waals surface area contributed by atoms with Crippen LogP contribution >= 0.6 is 0 Å². The molecule has 0 fully saturated rings. The molecule has 0 radical (unpaired) electrons. The van der Waals surface area contributed by atoms with Crippen LogP contribution in [0.3, 0.4) is 0 Å². The molecule has 90 valence electrons. The maximum absolute atomic E-state index is 4.19. The van der Waals surface area contributed by atoms with Gasteiger partial charge in [-0.25, -0.2) is 0 Å². The van der Waals surface area contributed by atoms with Gasteiger partial charge < -0.3 is 5.32 Å². The average molecular weight is 220 g/mol. The molecule has 0 saturated heterocycles. The van der Waals surface area contributed by atoms with Gasteiger partial charge in [-0.2, -0.15) is 0 Å². The van der Waals surface area contributed by atoms with Crippen molar-refractivity contribution in [2.24, 2.45) is 5.92 Å². The van der Waals surface area contributed by atoms with E-state index in [0.717, 1.165) is 12.5 Å². The Bertz CT molecular complexity index is 269. The molecular formula is C14H24N2. The van der Waals surface area contributed by atoms with E-state index in [1.165, 1.54) is 24.8 Å². The maximum Gasteiger partial charge on any atom is 0.0335 e. The van der Waals surface area contributed by atoms with Crippen molar-refractivity contribution >= 4 is 0 Å².